The number of hydrogen-bond acceptors (Lipinski definition) is 4. The maximum Gasteiger partial charge on any atom is 0.259 e. The van der Waals surface area contributed by atoms with E-state index < -0.39 is 0 Å². The van der Waals surface area contributed by atoms with E-state index >= 15 is 0 Å². The van der Waals surface area contributed by atoms with E-state index in [1.807, 2.05) is 18.3 Å². The molecule has 2 aromatic heterocycles. The van der Waals surface area contributed by atoms with Crippen LogP contribution in [0.1, 0.15) is 52.4 Å². The van der Waals surface area contributed by atoms with Crippen molar-refractivity contribution in [1.29, 1.82) is 0 Å². The van der Waals surface area contributed by atoms with Crippen LogP contribution in [0.3, 0.4) is 0 Å². The fourth-order valence-electron chi connectivity index (χ4n) is 3.30. The molecule has 0 radical (unpaired) electrons. The normalized spacial score (nSPS) is 17.5. The Balaban J connectivity index is 1.84. The molecular formula is C19H23N5O. The molecule has 0 spiro atoms. The summed E-state index contributed by atoms with van der Waals surface area (Å²) in [6, 6.07) is 6.02. The predicted octanol–water partition coefficient (Wildman–Crippen LogP) is 2.20. The van der Waals surface area contributed by atoms with Gasteiger partial charge in [0.1, 0.15) is 0 Å². The number of fused-ring (bicyclic) bond motifs is 1. The van der Waals surface area contributed by atoms with Gasteiger partial charge in [-0.2, -0.15) is 0 Å². The third-order valence-electron chi connectivity index (χ3n) is 4.59. The van der Waals surface area contributed by atoms with E-state index in [1.54, 1.807) is 12.4 Å². The van der Waals surface area contributed by atoms with Crippen molar-refractivity contribution in [3.63, 3.8) is 0 Å². The number of nitrogens with two attached hydrogens (primary N) is 1. The number of aromatic nitrogens is 2. The van der Waals surface area contributed by atoms with Gasteiger partial charge in [0.15, 0.2) is 5.96 Å². The highest BCUT2D eigenvalue weighted by atomic mass is 16.1. The van der Waals surface area contributed by atoms with Gasteiger partial charge in [0.25, 0.3) is 5.91 Å². The first-order chi connectivity index (χ1) is 12.2. The van der Waals surface area contributed by atoms with Gasteiger partial charge >= 0.3 is 0 Å². The fraction of sp³-hybridized carbons (Fsp3) is 0.368. The van der Waals surface area contributed by atoms with Crippen molar-refractivity contribution in [1.82, 2.24) is 15.3 Å². The predicted molar refractivity (Wildman–Crippen MR) is 97.5 cm³/mol. The summed E-state index contributed by atoms with van der Waals surface area (Å²) >= 11 is 0. The van der Waals surface area contributed by atoms with E-state index in [2.05, 4.69) is 26.3 Å². The summed E-state index contributed by atoms with van der Waals surface area (Å²) in [7, 11) is 1.54. The SMILES string of the molecule is CN=C(N)NC(=O)c1cnc2c(c1)CCCCC2Cc1cccnc1. The second-order valence-electron chi connectivity index (χ2n) is 6.34. The lowest BCUT2D eigenvalue weighted by molar-refractivity contribution is 0.0976. The highest BCUT2D eigenvalue weighted by Gasteiger charge is 2.22. The number of pyridine rings is 2. The van der Waals surface area contributed by atoms with Crippen molar-refractivity contribution in [2.75, 3.05) is 7.05 Å². The van der Waals surface area contributed by atoms with Crippen LogP contribution in [0.15, 0.2) is 41.8 Å². The van der Waals surface area contributed by atoms with Crippen molar-refractivity contribution in [2.45, 2.75) is 38.0 Å². The lowest BCUT2D eigenvalue weighted by atomic mass is 9.91. The first kappa shape index (κ1) is 17.1. The number of amides is 1. The van der Waals surface area contributed by atoms with Crippen molar-refractivity contribution in [3.8, 4) is 0 Å². The van der Waals surface area contributed by atoms with E-state index in [0.29, 0.717) is 11.5 Å². The van der Waals surface area contributed by atoms with Gasteiger partial charge in [0.2, 0.25) is 0 Å². The average molecular weight is 337 g/mol. The topological polar surface area (TPSA) is 93.3 Å². The van der Waals surface area contributed by atoms with Gasteiger partial charge in [0.05, 0.1) is 5.56 Å². The molecule has 2 heterocycles. The highest BCUT2D eigenvalue weighted by Crippen LogP contribution is 2.32. The molecule has 0 bridgehead atoms. The molecule has 1 atom stereocenters. The van der Waals surface area contributed by atoms with Gasteiger partial charge < -0.3 is 5.73 Å². The van der Waals surface area contributed by atoms with E-state index in [9.17, 15) is 4.79 Å². The number of nitrogens with zero attached hydrogens (tertiary/aromatic N) is 3. The van der Waals surface area contributed by atoms with Crippen LogP contribution < -0.4 is 11.1 Å². The fourth-order valence-corrected chi connectivity index (χ4v) is 3.30. The Labute approximate surface area is 147 Å². The Bertz CT molecular complexity index is 773. The maximum absolute atomic E-state index is 12.2. The lowest BCUT2D eigenvalue weighted by Crippen LogP contribution is -2.36. The summed E-state index contributed by atoms with van der Waals surface area (Å²) in [6.45, 7) is 0. The molecule has 1 aliphatic carbocycles. The summed E-state index contributed by atoms with van der Waals surface area (Å²) in [5.74, 6) is 0.196. The summed E-state index contributed by atoms with van der Waals surface area (Å²) in [6.07, 6.45) is 10.6. The molecule has 1 aliphatic rings. The molecule has 0 fully saturated rings. The number of carbonyl (C=O) groups is 1. The second-order valence-corrected chi connectivity index (χ2v) is 6.34. The van der Waals surface area contributed by atoms with Gasteiger partial charge in [-0.05, 0) is 48.9 Å². The third-order valence-corrected chi connectivity index (χ3v) is 4.59. The minimum atomic E-state index is -0.272. The zero-order valence-electron chi connectivity index (χ0n) is 14.4. The smallest absolute Gasteiger partial charge is 0.259 e. The first-order valence-corrected chi connectivity index (χ1v) is 8.58. The number of aryl methyl sites for hydroxylation is 1. The molecule has 3 N–H and O–H groups in total. The molecule has 6 nitrogen and oxygen atoms in total. The quantitative estimate of drug-likeness (QED) is 0.510. The van der Waals surface area contributed by atoms with Gasteiger partial charge in [-0.25, -0.2) is 0 Å². The van der Waals surface area contributed by atoms with E-state index in [-0.39, 0.29) is 11.9 Å². The molecule has 25 heavy (non-hydrogen) atoms. The summed E-state index contributed by atoms with van der Waals surface area (Å²) < 4.78 is 0. The van der Waals surface area contributed by atoms with Crippen LogP contribution in [0, 0.1) is 0 Å². The van der Waals surface area contributed by atoms with Gasteiger partial charge in [-0.1, -0.05) is 12.5 Å². The Morgan fingerprint density at radius 1 is 1.40 bits per heavy atom. The zero-order chi connectivity index (χ0) is 17.6. The van der Waals surface area contributed by atoms with Crippen LogP contribution in [0.2, 0.25) is 0 Å². The monoisotopic (exact) mass is 337 g/mol. The van der Waals surface area contributed by atoms with Crippen LogP contribution in [0.25, 0.3) is 0 Å². The van der Waals surface area contributed by atoms with Crippen molar-refractivity contribution < 1.29 is 4.79 Å². The molecular weight excluding hydrogens is 314 g/mol. The molecule has 6 heteroatoms. The van der Waals surface area contributed by atoms with E-state index in [0.717, 1.165) is 43.4 Å². The largest absolute Gasteiger partial charge is 0.370 e. The van der Waals surface area contributed by atoms with E-state index in [1.165, 1.54) is 12.6 Å². The number of rotatable bonds is 3. The lowest BCUT2D eigenvalue weighted by Gasteiger charge is -2.17. The van der Waals surface area contributed by atoms with E-state index in [4.69, 9.17) is 5.73 Å². The molecule has 1 unspecified atom stereocenters. The number of nitrogens with one attached hydrogen (secondary N) is 1. The number of guanidine groups is 1. The van der Waals surface area contributed by atoms with Crippen molar-refractivity contribution >= 4 is 11.9 Å². The minimum absolute atomic E-state index is 0.106. The molecule has 0 saturated carbocycles. The Morgan fingerprint density at radius 2 is 2.28 bits per heavy atom. The molecule has 130 valence electrons. The van der Waals surface area contributed by atoms with Crippen LogP contribution in [-0.2, 0) is 12.8 Å². The molecule has 3 rings (SSSR count). The number of hydrogen-bond donors (Lipinski definition) is 2. The molecule has 0 aromatic carbocycles. The molecule has 0 saturated heterocycles. The second kappa shape index (κ2) is 7.88. The van der Waals surface area contributed by atoms with Crippen molar-refractivity contribution in [3.05, 3.63) is 59.2 Å². The minimum Gasteiger partial charge on any atom is -0.370 e. The Morgan fingerprint density at radius 3 is 3.04 bits per heavy atom. The Hall–Kier alpha value is -2.76. The van der Waals surface area contributed by atoms with Crippen LogP contribution >= 0.6 is 0 Å². The third kappa shape index (κ3) is 4.21. The van der Waals surface area contributed by atoms with Crippen LogP contribution in [0.4, 0.5) is 0 Å². The van der Waals surface area contributed by atoms with Crippen molar-refractivity contribution in [2.24, 2.45) is 10.7 Å². The molecule has 1 amide bonds. The van der Waals surface area contributed by atoms with Gasteiger partial charge in [0, 0.05) is 37.3 Å². The van der Waals surface area contributed by atoms with Crippen LogP contribution in [0.5, 0.6) is 0 Å². The number of aliphatic imine (C=N–C) groups is 1. The maximum atomic E-state index is 12.2. The zero-order valence-corrected chi connectivity index (χ0v) is 14.4. The van der Waals surface area contributed by atoms with Crippen LogP contribution in [-0.4, -0.2) is 28.9 Å². The van der Waals surface area contributed by atoms with Gasteiger partial charge in [-0.3, -0.25) is 25.1 Å². The standard InChI is InChI=1S/C19H23N5O/c1-21-19(20)24-18(25)16-10-15-7-3-2-6-14(17(15)23-12-16)9-13-5-4-8-22-11-13/h4-5,8,10-12,14H,2-3,6-7,9H2,1H3,(H3,20,21,24,25). The average Bonchev–Trinajstić information content (AvgIpc) is 2.84. The molecule has 0 aliphatic heterocycles. The highest BCUT2D eigenvalue weighted by molar-refractivity contribution is 6.05. The summed E-state index contributed by atoms with van der Waals surface area (Å²) in [5, 5.41) is 2.56. The molecule has 2 aromatic rings. The number of carbonyl (C=O) groups excluding carboxylic acids is 1. The summed E-state index contributed by atoms with van der Waals surface area (Å²) in [4.78, 5) is 24.8. The van der Waals surface area contributed by atoms with Gasteiger partial charge in [-0.15, -0.1) is 0 Å². The first-order valence-electron chi connectivity index (χ1n) is 8.58. The summed E-state index contributed by atoms with van der Waals surface area (Å²) in [5.41, 5.74) is 9.58. The Kier molecular flexibility index (Phi) is 5.38.